The highest BCUT2D eigenvalue weighted by Gasteiger charge is 2.40. The van der Waals surface area contributed by atoms with E-state index in [-0.39, 0.29) is 6.04 Å². The van der Waals surface area contributed by atoms with Crippen molar-refractivity contribution in [2.24, 2.45) is 0 Å². The third-order valence-corrected chi connectivity index (χ3v) is 2.52. The topological polar surface area (TPSA) is 53.1 Å². The van der Waals surface area contributed by atoms with Gasteiger partial charge in [0, 0.05) is 0 Å². The average Bonchev–Trinajstić information content (AvgIpc) is 3.01. The standard InChI is InChI=1S/C12H12N2O2/c1-8-3-4-11(9(2)5-8)16-12(15)14-7-10(14)6-13/h3-5,10H,7H2,1-2H3. The molecule has 0 aliphatic carbocycles. The van der Waals surface area contributed by atoms with Crippen LogP contribution in [0.3, 0.4) is 0 Å². The lowest BCUT2D eigenvalue weighted by Crippen LogP contribution is -2.18. The molecule has 1 aliphatic heterocycles. The van der Waals surface area contributed by atoms with E-state index in [1.54, 1.807) is 6.07 Å². The molecule has 1 heterocycles. The van der Waals surface area contributed by atoms with Gasteiger partial charge in [0.05, 0.1) is 12.6 Å². The molecule has 4 heteroatoms. The Kier molecular flexibility index (Phi) is 2.53. The molecule has 1 aliphatic rings. The van der Waals surface area contributed by atoms with Gasteiger partial charge in [0.25, 0.3) is 0 Å². The zero-order valence-corrected chi connectivity index (χ0v) is 9.23. The van der Waals surface area contributed by atoms with Crippen molar-refractivity contribution in [2.45, 2.75) is 19.9 Å². The van der Waals surface area contributed by atoms with Gasteiger partial charge in [0.15, 0.2) is 0 Å². The Hall–Kier alpha value is -2.02. The minimum atomic E-state index is -0.446. The van der Waals surface area contributed by atoms with Gasteiger partial charge >= 0.3 is 6.09 Å². The van der Waals surface area contributed by atoms with E-state index in [9.17, 15) is 4.79 Å². The summed E-state index contributed by atoms with van der Waals surface area (Å²) in [6.07, 6.45) is -0.446. The maximum atomic E-state index is 11.5. The SMILES string of the molecule is Cc1ccc(OC(=O)N2CC2C#N)c(C)c1. The molecule has 1 fully saturated rings. The minimum Gasteiger partial charge on any atom is -0.410 e. The second-order valence-electron chi connectivity index (χ2n) is 3.93. The molecule has 1 aromatic rings. The van der Waals surface area contributed by atoms with Crippen molar-refractivity contribution >= 4 is 6.09 Å². The van der Waals surface area contributed by atoms with Crippen LogP contribution in [-0.4, -0.2) is 23.6 Å². The first-order valence-corrected chi connectivity index (χ1v) is 5.07. The van der Waals surface area contributed by atoms with Crippen LogP contribution >= 0.6 is 0 Å². The van der Waals surface area contributed by atoms with Gasteiger partial charge in [-0.3, -0.25) is 4.90 Å². The van der Waals surface area contributed by atoms with Crippen LogP contribution in [0, 0.1) is 25.2 Å². The molecule has 0 aromatic heterocycles. The number of benzene rings is 1. The molecule has 1 unspecified atom stereocenters. The van der Waals surface area contributed by atoms with E-state index in [1.165, 1.54) is 4.90 Å². The van der Waals surface area contributed by atoms with Crippen molar-refractivity contribution in [3.8, 4) is 11.8 Å². The number of aryl methyl sites for hydroxylation is 2. The fraction of sp³-hybridized carbons (Fsp3) is 0.333. The number of carbonyl (C=O) groups excluding carboxylic acids is 1. The molecule has 1 aromatic carbocycles. The lowest BCUT2D eigenvalue weighted by Gasteiger charge is -2.08. The highest BCUT2D eigenvalue weighted by Crippen LogP contribution is 2.23. The van der Waals surface area contributed by atoms with E-state index in [0.29, 0.717) is 12.3 Å². The van der Waals surface area contributed by atoms with E-state index in [2.05, 4.69) is 0 Å². The van der Waals surface area contributed by atoms with Crippen LogP contribution < -0.4 is 4.74 Å². The molecule has 4 nitrogen and oxygen atoms in total. The van der Waals surface area contributed by atoms with Gasteiger partial charge in [0.1, 0.15) is 11.8 Å². The van der Waals surface area contributed by atoms with Crippen LogP contribution in [0.4, 0.5) is 4.79 Å². The largest absolute Gasteiger partial charge is 0.416 e. The van der Waals surface area contributed by atoms with Gasteiger partial charge < -0.3 is 4.74 Å². The molecule has 16 heavy (non-hydrogen) atoms. The Bertz CT molecular complexity index is 476. The summed E-state index contributed by atoms with van der Waals surface area (Å²) >= 11 is 0. The smallest absolute Gasteiger partial charge is 0.410 e. The van der Waals surface area contributed by atoms with Crippen molar-refractivity contribution < 1.29 is 9.53 Å². The number of carbonyl (C=O) groups is 1. The maximum absolute atomic E-state index is 11.5. The number of nitrogens with zero attached hydrogens (tertiary/aromatic N) is 2. The molecule has 0 bridgehead atoms. The lowest BCUT2D eigenvalue weighted by molar-refractivity contribution is 0.184. The molecule has 1 atom stereocenters. The summed E-state index contributed by atoms with van der Waals surface area (Å²) in [4.78, 5) is 12.9. The number of ether oxygens (including phenoxy) is 1. The molecule has 0 saturated carbocycles. The number of amides is 1. The fourth-order valence-electron chi connectivity index (χ4n) is 1.52. The minimum absolute atomic E-state index is 0.307. The first-order chi connectivity index (χ1) is 7.61. The average molecular weight is 216 g/mol. The van der Waals surface area contributed by atoms with Crippen LogP contribution in [0.15, 0.2) is 18.2 Å². The van der Waals surface area contributed by atoms with Crippen molar-refractivity contribution in [3.05, 3.63) is 29.3 Å². The summed E-state index contributed by atoms with van der Waals surface area (Å²) in [6.45, 7) is 4.34. The van der Waals surface area contributed by atoms with E-state index >= 15 is 0 Å². The summed E-state index contributed by atoms with van der Waals surface area (Å²) in [5.41, 5.74) is 2.04. The van der Waals surface area contributed by atoms with Crippen LogP contribution in [0.2, 0.25) is 0 Å². The first-order valence-electron chi connectivity index (χ1n) is 5.07. The summed E-state index contributed by atoms with van der Waals surface area (Å²) in [6, 6.07) is 7.31. The zero-order valence-electron chi connectivity index (χ0n) is 9.23. The molecule has 0 spiro atoms. The van der Waals surface area contributed by atoms with Gasteiger partial charge in [-0.15, -0.1) is 0 Å². The predicted molar refractivity (Wildman–Crippen MR) is 58.0 cm³/mol. The summed E-state index contributed by atoms with van der Waals surface area (Å²) < 4.78 is 5.19. The van der Waals surface area contributed by atoms with Crippen LogP contribution in [0.25, 0.3) is 0 Å². The highest BCUT2D eigenvalue weighted by molar-refractivity contribution is 5.74. The van der Waals surface area contributed by atoms with Crippen LogP contribution in [0.1, 0.15) is 11.1 Å². The second-order valence-corrected chi connectivity index (χ2v) is 3.93. The van der Waals surface area contributed by atoms with Gasteiger partial charge in [-0.05, 0) is 25.5 Å². The third-order valence-electron chi connectivity index (χ3n) is 2.52. The normalized spacial score (nSPS) is 17.8. The first kappa shape index (κ1) is 10.5. The van der Waals surface area contributed by atoms with E-state index in [0.717, 1.165) is 11.1 Å². The molecule has 1 saturated heterocycles. The van der Waals surface area contributed by atoms with Crippen molar-refractivity contribution in [3.63, 3.8) is 0 Å². The number of nitriles is 1. The van der Waals surface area contributed by atoms with Gasteiger partial charge in [-0.1, -0.05) is 17.7 Å². The maximum Gasteiger partial charge on any atom is 0.416 e. The quantitative estimate of drug-likeness (QED) is 0.675. The number of hydrogen-bond donors (Lipinski definition) is 0. The van der Waals surface area contributed by atoms with E-state index < -0.39 is 6.09 Å². The predicted octanol–water partition coefficient (Wildman–Crippen LogP) is 2.01. The van der Waals surface area contributed by atoms with E-state index in [4.69, 9.17) is 10.00 Å². The molecule has 2 rings (SSSR count). The Labute approximate surface area is 94.0 Å². The fourth-order valence-corrected chi connectivity index (χ4v) is 1.52. The Morgan fingerprint density at radius 3 is 2.88 bits per heavy atom. The van der Waals surface area contributed by atoms with Crippen LogP contribution in [0.5, 0.6) is 5.75 Å². The van der Waals surface area contributed by atoms with Crippen molar-refractivity contribution in [1.82, 2.24) is 4.90 Å². The Morgan fingerprint density at radius 2 is 2.31 bits per heavy atom. The van der Waals surface area contributed by atoms with Crippen molar-refractivity contribution in [2.75, 3.05) is 6.54 Å². The molecule has 82 valence electrons. The summed E-state index contributed by atoms with van der Waals surface area (Å²) in [5.74, 6) is 0.555. The highest BCUT2D eigenvalue weighted by atomic mass is 16.6. The van der Waals surface area contributed by atoms with Crippen LogP contribution in [-0.2, 0) is 0 Å². The molecular formula is C12H12N2O2. The molecule has 0 N–H and O–H groups in total. The van der Waals surface area contributed by atoms with Gasteiger partial charge in [-0.2, -0.15) is 5.26 Å². The van der Waals surface area contributed by atoms with Gasteiger partial charge in [0.2, 0.25) is 0 Å². The second kappa shape index (κ2) is 3.86. The van der Waals surface area contributed by atoms with Crippen molar-refractivity contribution in [1.29, 1.82) is 5.26 Å². The summed E-state index contributed by atoms with van der Waals surface area (Å²) in [7, 11) is 0. The molecule has 1 amide bonds. The van der Waals surface area contributed by atoms with E-state index in [1.807, 2.05) is 32.0 Å². The third kappa shape index (κ3) is 1.98. The number of rotatable bonds is 1. The van der Waals surface area contributed by atoms with Gasteiger partial charge in [-0.25, -0.2) is 4.79 Å². The zero-order chi connectivity index (χ0) is 11.7. The molecule has 0 radical (unpaired) electrons. The lowest BCUT2D eigenvalue weighted by atomic mass is 10.1. The summed E-state index contributed by atoms with van der Waals surface area (Å²) in [5, 5.41) is 8.58. The monoisotopic (exact) mass is 216 g/mol. The number of hydrogen-bond acceptors (Lipinski definition) is 3. The Balaban J connectivity index is 2.05. The Morgan fingerprint density at radius 1 is 1.56 bits per heavy atom. The molecular weight excluding hydrogens is 204 g/mol.